The molecule has 0 fully saturated rings. The van der Waals surface area contributed by atoms with Crippen LogP contribution in [-0.2, 0) is 11.3 Å². The van der Waals surface area contributed by atoms with Crippen molar-refractivity contribution in [3.05, 3.63) is 29.8 Å². The molecule has 4 nitrogen and oxygen atoms in total. The van der Waals surface area contributed by atoms with Gasteiger partial charge in [-0.25, -0.2) is 0 Å². The van der Waals surface area contributed by atoms with Gasteiger partial charge in [0.05, 0.1) is 13.2 Å². The number of hydrogen-bond acceptors (Lipinski definition) is 4. The van der Waals surface area contributed by atoms with Crippen LogP contribution in [-0.4, -0.2) is 51.4 Å². The van der Waals surface area contributed by atoms with E-state index in [1.807, 2.05) is 19.2 Å². The van der Waals surface area contributed by atoms with E-state index >= 15 is 0 Å². The third-order valence-corrected chi connectivity index (χ3v) is 3.44. The Morgan fingerprint density at radius 3 is 2.60 bits per heavy atom. The SMILES string of the molecule is CNCc1cccc(OCCOCC(C)(C)N(C)C)c1. The van der Waals surface area contributed by atoms with E-state index < -0.39 is 0 Å². The van der Waals surface area contributed by atoms with Crippen LogP contribution in [0.2, 0.25) is 0 Å². The monoisotopic (exact) mass is 280 g/mol. The van der Waals surface area contributed by atoms with Gasteiger partial charge in [-0.2, -0.15) is 0 Å². The molecule has 0 bridgehead atoms. The van der Waals surface area contributed by atoms with E-state index in [0.29, 0.717) is 19.8 Å². The Hall–Kier alpha value is -1.10. The fraction of sp³-hybridized carbons (Fsp3) is 0.625. The van der Waals surface area contributed by atoms with Gasteiger partial charge in [0, 0.05) is 12.1 Å². The third-order valence-electron chi connectivity index (χ3n) is 3.44. The van der Waals surface area contributed by atoms with Gasteiger partial charge in [0.1, 0.15) is 12.4 Å². The van der Waals surface area contributed by atoms with E-state index in [4.69, 9.17) is 9.47 Å². The zero-order valence-electron chi connectivity index (χ0n) is 13.4. The van der Waals surface area contributed by atoms with Crippen molar-refractivity contribution in [1.82, 2.24) is 10.2 Å². The molecule has 0 unspecified atom stereocenters. The molecule has 0 spiro atoms. The maximum absolute atomic E-state index is 5.70. The summed E-state index contributed by atoms with van der Waals surface area (Å²) >= 11 is 0. The second kappa shape index (κ2) is 8.25. The molecule has 4 heteroatoms. The average Bonchev–Trinajstić information content (AvgIpc) is 2.39. The summed E-state index contributed by atoms with van der Waals surface area (Å²) in [7, 11) is 6.06. The Kier molecular flexibility index (Phi) is 6.99. The first-order valence-electron chi connectivity index (χ1n) is 7.07. The summed E-state index contributed by atoms with van der Waals surface area (Å²) in [5.74, 6) is 0.896. The van der Waals surface area contributed by atoms with Crippen LogP contribution in [0.25, 0.3) is 0 Å². The largest absolute Gasteiger partial charge is 0.491 e. The molecule has 0 aromatic heterocycles. The first-order chi connectivity index (χ1) is 9.45. The van der Waals surface area contributed by atoms with Gasteiger partial charge >= 0.3 is 0 Å². The number of nitrogens with one attached hydrogen (secondary N) is 1. The molecule has 1 aromatic carbocycles. The third kappa shape index (κ3) is 5.90. The minimum Gasteiger partial charge on any atom is -0.491 e. The predicted molar refractivity (Wildman–Crippen MR) is 83.3 cm³/mol. The molecule has 0 aliphatic rings. The Morgan fingerprint density at radius 2 is 1.95 bits per heavy atom. The summed E-state index contributed by atoms with van der Waals surface area (Å²) in [6, 6.07) is 8.13. The highest BCUT2D eigenvalue weighted by Gasteiger charge is 2.20. The van der Waals surface area contributed by atoms with Gasteiger partial charge < -0.3 is 19.7 Å². The molecule has 0 amide bonds. The van der Waals surface area contributed by atoms with Crippen molar-refractivity contribution >= 4 is 0 Å². The van der Waals surface area contributed by atoms with Gasteiger partial charge in [-0.3, -0.25) is 0 Å². The van der Waals surface area contributed by atoms with Crippen LogP contribution in [0.1, 0.15) is 19.4 Å². The van der Waals surface area contributed by atoms with Gasteiger partial charge in [-0.1, -0.05) is 12.1 Å². The number of hydrogen-bond donors (Lipinski definition) is 1. The van der Waals surface area contributed by atoms with E-state index in [1.54, 1.807) is 0 Å². The fourth-order valence-corrected chi connectivity index (χ4v) is 1.62. The molecule has 1 aromatic rings. The van der Waals surface area contributed by atoms with Gasteiger partial charge in [-0.15, -0.1) is 0 Å². The van der Waals surface area contributed by atoms with Crippen molar-refractivity contribution in [2.24, 2.45) is 0 Å². The lowest BCUT2D eigenvalue weighted by Gasteiger charge is -2.32. The van der Waals surface area contributed by atoms with Gasteiger partial charge in [0.15, 0.2) is 0 Å². The van der Waals surface area contributed by atoms with Crippen molar-refractivity contribution < 1.29 is 9.47 Å². The summed E-state index contributed by atoms with van der Waals surface area (Å²) < 4.78 is 11.4. The molecule has 0 aliphatic heterocycles. The number of benzene rings is 1. The van der Waals surface area contributed by atoms with E-state index in [-0.39, 0.29) is 5.54 Å². The Balaban J connectivity index is 2.26. The lowest BCUT2D eigenvalue weighted by atomic mass is 10.1. The fourth-order valence-electron chi connectivity index (χ4n) is 1.62. The standard InChI is InChI=1S/C16H28N2O2/c1-16(2,18(4)5)13-19-9-10-20-15-8-6-7-14(11-15)12-17-3/h6-8,11,17H,9-10,12-13H2,1-5H3. The molecule has 1 rings (SSSR count). The lowest BCUT2D eigenvalue weighted by molar-refractivity contribution is 0.0236. The summed E-state index contributed by atoms with van der Waals surface area (Å²) in [5.41, 5.74) is 1.27. The zero-order valence-corrected chi connectivity index (χ0v) is 13.4. The molecule has 0 atom stereocenters. The first-order valence-corrected chi connectivity index (χ1v) is 7.07. The van der Waals surface area contributed by atoms with Gasteiger partial charge in [-0.05, 0) is 52.7 Å². The quantitative estimate of drug-likeness (QED) is 0.703. The van der Waals surface area contributed by atoms with E-state index in [9.17, 15) is 0 Å². The van der Waals surface area contributed by atoms with Gasteiger partial charge in [0.2, 0.25) is 0 Å². The topological polar surface area (TPSA) is 33.7 Å². The molecule has 1 N–H and O–H groups in total. The molecular formula is C16H28N2O2. The molecule has 0 saturated carbocycles. The van der Waals surface area contributed by atoms with E-state index in [0.717, 1.165) is 12.3 Å². The molecule has 0 aliphatic carbocycles. The molecule has 20 heavy (non-hydrogen) atoms. The molecular weight excluding hydrogens is 252 g/mol. The maximum Gasteiger partial charge on any atom is 0.119 e. The second-order valence-electron chi connectivity index (χ2n) is 5.79. The van der Waals surface area contributed by atoms with Crippen LogP contribution in [0.4, 0.5) is 0 Å². The van der Waals surface area contributed by atoms with Crippen molar-refractivity contribution in [2.45, 2.75) is 25.9 Å². The summed E-state index contributed by atoms with van der Waals surface area (Å²) in [5, 5.41) is 3.13. The van der Waals surface area contributed by atoms with Crippen LogP contribution in [0.3, 0.4) is 0 Å². The number of ether oxygens (including phenoxy) is 2. The second-order valence-corrected chi connectivity index (χ2v) is 5.79. The van der Waals surface area contributed by atoms with Crippen LogP contribution in [0.15, 0.2) is 24.3 Å². The normalized spacial score (nSPS) is 11.9. The number of rotatable bonds is 9. The van der Waals surface area contributed by atoms with Gasteiger partial charge in [0.25, 0.3) is 0 Å². The van der Waals surface area contributed by atoms with Crippen molar-refractivity contribution in [3.8, 4) is 5.75 Å². The van der Waals surface area contributed by atoms with E-state index in [1.165, 1.54) is 5.56 Å². The van der Waals surface area contributed by atoms with E-state index in [2.05, 4.69) is 50.3 Å². The minimum atomic E-state index is 0.0483. The summed E-state index contributed by atoms with van der Waals surface area (Å²) in [4.78, 5) is 2.16. The minimum absolute atomic E-state index is 0.0483. The highest BCUT2D eigenvalue weighted by atomic mass is 16.5. The lowest BCUT2D eigenvalue weighted by Crippen LogP contribution is -2.42. The van der Waals surface area contributed by atoms with Crippen molar-refractivity contribution in [3.63, 3.8) is 0 Å². The van der Waals surface area contributed by atoms with Crippen molar-refractivity contribution in [2.75, 3.05) is 41.0 Å². The predicted octanol–water partition coefficient (Wildman–Crippen LogP) is 2.14. The van der Waals surface area contributed by atoms with Crippen LogP contribution in [0.5, 0.6) is 5.75 Å². The number of likely N-dealkylation sites (N-methyl/N-ethyl adjacent to an activating group) is 1. The highest BCUT2D eigenvalue weighted by molar-refractivity contribution is 5.28. The molecule has 114 valence electrons. The Morgan fingerprint density at radius 1 is 1.20 bits per heavy atom. The van der Waals surface area contributed by atoms with Crippen LogP contribution >= 0.6 is 0 Å². The molecule has 0 saturated heterocycles. The Labute approximate surface area is 123 Å². The zero-order chi connectivity index (χ0) is 15.0. The first kappa shape index (κ1) is 17.0. The maximum atomic E-state index is 5.70. The molecule has 0 heterocycles. The Bertz CT molecular complexity index is 392. The molecule has 0 radical (unpaired) electrons. The van der Waals surface area contributed by atoms with Crippen LogP contribution < -0.4 is 10.1 Å². The van der Waals surface area contributed by atoms with Crippen molar-refractivity contribution in [1.29, 1.82) is 0 Å². The summed E-state index contributed by atoms with van der Waals surface area (Å²) in [6.45, 7) is 7.05. The van der Waals surface area contributed by atoms with Crippen LogP contribution in [0, 0.1) is 0 Å². The summed E-state index contributed by atoms with van der Waals surface area (Å²) in [6.07, 6.45) is 0. The number of nitrogens with zero attached hydrogens (tertiary/aromatic N) is 1. The highest BCUT2D eigenvalue weighted by Crippen LogP contribution is 2.13. The average molecular weight is 280 g/mol. The smallest absolute Gasteiger partial charge is 0.119 e.